The van der Waals surface area contributed by atoms with Crippen LogP contribution < -0.4 is 4.74 Å². The SMILES string of the molecule is CCOC(=O)C1=C(C)N=C(C)C(C(=O)OCC)C1c1cccc(-c2nc(-c3cccc(OC)c3)cs2)c1. The van der Waals surface area contributed by atoms with E-state index in [-0.39, 0.29) is 13.2 Å². The zero-order valence-corrected chi connectivity index (χ0v) is 22.4. The summed E-state index contributed by atoms with van der Waals surface area (Å²) in [5.74, 6) is -1.45. The van der Waals surface area contributed by atoms with Gasteiger partial charge in [0.2, 0.25) is 0 Å². The maximum atomic E-state index is 13.1. The van der Waals surface area contributed by atoms with Crippen molar-refractivity contribution in [1.82, 2.24) is 4.98 Å². The third-order valence-corrected chi connectivity index (χ3v) is 7.12. The van der Waals surface area contributed by atoms with Crippen LogP contribution in [0.5, 0.6) is 5.75 Å². The monoisotopic (exact) mass is 518 g/mol. The number of hydrogen-bond donors (Lipinski definition) is 0. The van der Waals surface area contributed by atoms with Gasteiger partial charge in [0.1, 0.15) is 16.7 Å². The number of rotatable bonds is 8. The summed E-state index contributed by atoms with van der Waals surface area (Å²) < 4.78 is 16.1. The molecule has 2 aromatic carbocycles. The van der Waals surface area contributed by atoms with Crippen molar-refractivity contribution < 1.29 is 23.8 Å². The standard InChI is InChI=1S/C29H30N2O5S/c1-6-35-28(32)24-17(3)30-18(4)25(29(33)36-7-2)26(24)20-11-8-12-21(14-20)27-31-23(16-37-27)19-10-9-13-22(15-19)34-5/h8-16,24,26H,6-7H2,1-5H3. The van der Waals surface area contributed by atoms with Crippen LogP contribution in [0.1, 0.15) is 39.2 Å². The first-order valence-corrected chi connectivity index (χ1v) is 13.1. The van der Waals surface area contributed by atoms with Gasteiger partial charge in [-0.05, 0) is 51.5 Å². The average molecular weight is 519 g/mol. The smallest absolute Gasteiger partial charge is 0.336 e. The van der Waals surface area contributed by atoms with Gasteiger partial charge in [-0.3, -0.25) is 9.79 Å². The molecule has 0 saturated carbocycles. The normalized spacial score (nSPS) is 17.3. The average Bonchev–Trinajstić information content (AvgIpc) is 3.39. The topological polar surface area (TPSA) is 87.1 Å². The second-order valence-corrected chi connectivity index (χ2v) is 9.43. The van der Waals surface area contributed by atoms with Gasteiger partial charge in [0, 0.05) is 33.8 Å². The molecule has 0 spiro atoms. The number of aliphatic imine (C=N–C) groups is 1. The van der Waals surface area contributed by atoms with Crippen molar-refractivity contribution in [2.75, 3.05) is 20.3 Å². The van der Waals surface area contributed by atoms with Crippen LogP contribution in [-0.2, 0) is 19.1 Å². The van der Waals surface area contributed by atoms with Crippen LogP contribution in [0.3, 0.4) is 0 Å². The van der Waals surface area contributed by atoms with E-state index in [9.17, 15) is 9.59 Å². The van der Waals surface area contributed by atoms with E-state index in [2.05, 4.69) is 4.99 Å². The van der Waals surface area contributed by atoms with E-state index in [1.165, 1.54) is 11.3 Å². The third kappa shape index (κ3) is 5.49. The quantitative estimate of drug-likeness (QED) is 0.337. The zero-order chi connectivity index (χ0) is 26.5. The fourth-order valence-corrected chi connectivity index (χ4v) is 5.42. The molecule has 0 bridgehead atoms. The van der Waals surface area contributed by atoms with Crippen molar-refractivity contribution in [1.29, 1.82) is 0 Å². The van der Waals surface area contributed by atoms with Crippen molar-refractivity contribution >= 4 is 29.0 Å². The fourth-order valence-electron chi connectivity index (χ4n) is 4.59. The summed E-state index contributed by atoms with van der Waals surface area (Å²) in [6.45, 7) is 7.55. The number of methoxy groups -OCH3 is 1. The molecule has 1 aromatic heterocycles. The lowest BCUT2D eigenvalue weighted by Crippen LogP contribution is -2.36. The summed E-state index contributed by atoms with van der Waals surface area (Å²) in [4.78, 5) is 35.6. The van der Waals surface area contributed by atoms with E-state index in [1.807, 2.05) is 53.9 Å². The van der Waals surface area contributed by atoms with Gasteiger partial charge < -0.3 is 14.2 Å². The third-order valence-electron chi connectivity index (χ3n) is 6.23. The first-order chi connectivity index (χ1) is 17.9. The maximum Gasteiger partial charge on any atom is 0.336 e. The molecule has 0 amide bonds. The minimum atomic E-state index is -0.734. The number of ether oxygens (including phenoxy) is 3. The summed E-state index contributed by atoms with van der Waals surface area (Å²) >= 11 is 1.53. The molecule has 0 fully saturated rings. The first-order valence-electron chi connectivity index (χ1n) is 12.2. The van der Waals surface area contributed by atoms with E-state index in [1.54, 1.807) is 34.8 Å². The van der Waals surface area contributed by atoms with Gasteiger partial charge in [-0.2, -0.15) is 0 Å². The van der Waals surface area contributed by atoms with Gasteiger partial charge in [0.15, 0.2) is 0 Å². The Morgan fingerprint density at radius 1 is 0.973 bits per heavy atom. The Labute approximate surface area is 220 Å². The van der Waals surface area contributed by atoms with Crippen LogP contribution in [0.25, 0.3) is 21.8 Å². The van der Waals surface area contributed by atoms with Crippen molar-refractivity contribution in [3.8, 4) is 27.6 Å². The number of hydrogen-bond acceptors (Lipinski definition) is 8. The minimum Gasteiger partial charge on any atom is -0.497 e. The molecule has 2 unspecified atom stereocenters. The Balaban J connectivity index is 1.77. The Kier molecular flexibility index (Phi) is 8.18. The highest BCUT2D eigenvalue weighted by Crippen LogP contribution is 2.41. The number of aromatic nitrogens is 1. The van der Waals surface area contributed by atoms with Crippen LogP contribution in [0.2, 0.25) is 0 Å². The number of nitrogens with zero attached hydrogens (tertiary/aromatic N) is 2. The summed E-state index contributed by atoms with van der Waals surface area (Å²) in [6, 6.07) is 15.6. The molecule has 2 atom stereocenters. The Hall–Kier alpha value is -3.78. The molecule has 4 rings (SSSR count). The lowest BCUT2D eigenvalue weighted by Gasteiger charge is -2.31. The van der Waals surface area contributed by atoms with E-state index < -0.39 is 23.8 Å². The van der Waals surface area contributed by atoms with Gasteiger partial charge in [-0.15, -0.1) is 11.3 Å². The maximum absolute atomic E-state index is 13.1. The molecular weight excluding hydrogens is 488 g/mol. The van der Waals surface area contributed by atoms with Crippen molar-refractivity contribution in [3.05, 3.63) is 70.7 Å². The van der Waals surface area contributed by atoms with Crippen LogP contribution in [-0.4, -0.2) is 43.0 Å². The Morgan fingerprint density at radius 2 is 1.70 bits per heavy atom. The molecular formula is C29H30N2O5S. The minimum absolute atomic E-state index is 0.224. The molecule has 0 N–H and O–H groups in total. The molecule has 1 aliphatic rings. The number of carbonyl (C=O) groups excluding carboxylic acids is 2. The first kappa shape index (κ1) is 26.3. The summed E-state index contributed by atoms with van der Waals surface area (Å²) in [5, 5.41) is 2.83. The van der Waals surface area contributed by atoms with E-state index >= 15 is 0 Å². The van der Waals surface area contributed by atoms with Gasteiger partial charge in [-0.1, -0.05) is 30.3 Å². The van der Waals surface area contributed by atoms with Crippen molar-refractivity contribution in [2.45, 2.75) is 33.6 Å². The Bertz CT molecular complexity index is 1370. The molecule has 0 aliphatic carbocycles. The highest BCUT2D eigenvalue weighted by Gasteiger charge is 2.42. The Morgan fingerprint density at radius 3 is 2.43 bits per heavy atom. The van der Waals surface area contributed by atoms with Crippen LogP contribution >= 0.6 is 11.3 Å². The van der Waals surface area contributed by atoms with Crippen molar-refractivity contribution in [2.24, 2.45) is 10.9 Å². The molecule has 3 aromatic rings. The predicted octanol–water partition coefficient (Wildman–Crippen LogP) is 6.06. The fraction of sp³-hybridized carbons (Fsp3) is 0.310. The van der Waals surface area contributed by atoms with E-state index in [0.717, 1.165) is 33.1 Å². The van der Waals surface area contributed by atoms with Gasteiger partial charge >= 0.3 is 11.9 Å². The highest BCUT2D eigenvalue weighted by atomic mass is 32.1. The molecule has 1 aliphatic heterocycles. The molecule has 37 heavy (non-hydrogen) atoms. The van der Waals surface area contributed by atoms with Crippen LogP contribution in [0.15, 0.2) is 70.2 Å². The number of esters is 2. The second kappa shape index (κ2) is 11.5. The lowest BCUT2D eigenvalue weighted by molar-refractivity contribution is -0.146. The van der Waals surface area contributed by atoms with Gasteiger partial charge in [-0.25, -0.2) is 9.78 Å². The molecule has 7 nitrogen and oxygen atoms in total. The molecule has 0 saturated heterocycles. The predicted molar refractivity (Wildman–Crippen MR) is 145 cm³/mol. The number of carbonyl (C=O) groups is 2. The molecule has 192 valence electrons. The number of benzene rings is 2. The number of allylic oxidation sites excluding steroid dienone is 1. The summed E-state index contributed by atoms with van der Waals surface area (Å²) in [7, 11) is 1.64. The lowest BCUT2D eigenvalue weighted by atomic mass is 9.75. The van der Waals surface area contributed by atoms with E-state index in [0.29, 0.717) is 17.0 Å². The van der Waals surface area contributed by atoms with Crippen molar-refractivity contribution in [3.63, 3.8) is 0 Å². The zero-order valence-electron chi connectivity index (χ0n) is 21.6. The van der Waals surface area contributed by atoms with Crippen LogP contribution in [0.4, 0.5) is 0 Å². The molecule has 8 heteroatoms. The molecule has 0 radical (unpaired) electrons. The number of thiazole rings is 1. The van der Waals surface area contributed by atoms with Gasteiger partial charge in [0.25, 0.3) is 0 Å². The summed E-state index contributed by atoms with van der Waals surface area (Å²) in [5.41, 5.74) is 5.01. The summed E-state index contributed by atoms with van der Waals surface area (Å²) in [6.07, 6.45) is 0. The van der Waals surface area contributed by atoms with Gasteiger partial charge in [0.05, 0.1) is 31.6 Å². The van der Waals surface area contributed by atoms with E-state index in [4.69, 9.17) is 19.2 Å². The largest absolute Gasteiger partial charge is 0.497 e. The second-order valence-electron chi connectivity index (χ2n) is 8.58. The highest BCUT2D eigenvalue weighted by molar-refractivity contribution is 7.13. The molecule has 2 heterocycles. The van der Waals surface area contributed by atoms with Crippen LogP contribution in [0, 0.1) is 5.92 Å².